The van der Waals surface area contributed by atoms with Crippen molar-refractivity contribution in [3.8, 4) is 0 Å². The van der Waals surface area contributed by atoms with Crippen molar-refractivity contribution < 1.29 is 4.79 Å². The minimum absolute atomic E-state index is 0.324. The van der Waals surface area contributed by atoms with Gasteiger partial charge in [-0.2, -0.15) is 5.10 Å². The van der Waals surface area contributed by atoms with Crippen molar-refractivity contribution in [3.63, 3.8) is 0 Å². The molecule has 4 N–H and O–H groups in total. The van der Waals surface area contributed by atoms with E-state index in [1.54, 1.807) is 6.92 Å². The van der Waals surface area contributed by atoms with Crippen LogP contribution in [0.15, 0.2) is 29.4 Å². The van der Waals surface area contributed by atoms with Crippen molar-refractivity contribution >= 4 is 17.4 Å². The van der Waals surface area contributed by atoms with Gasteiger partial charge in [0.2, 0.25) is 0 Å². The van der Waals surface area contributed by atoms with Gasteiger partial charge in [0.15, 0.2) is 0 Å². The zero-order valence-corrected chi connectivity index (χ0v) is 9.45. The van der Waals surface area contributed by atoms with Gasteiger partial charge in [0.05, 0.1) is 0 Å². The van der Waals surface area contributed by atoms with Crippen LogP contribution in [0.2, 0.25) is 0 Å². The topological polar surface area (TPSA) is 79.5 Å². The predicted octanol–water partition coefficient (Wildman–Crippen LogP) is 1.45. The number of benzene rings is 1. The van der Waals surface area contributed by atoms with E-state index in [1.807, 2.05) is 31.2 Å². The van der Waals surface area contributed by atoms with Crippen LogP contribution in [0.5, 0.6) is 0 Å². The van der Waals surface area contributed by atoms with Crippen LogP contribution >= 0.6 is 0 Å². The number of hydrogen-bond donors (Lipinski definition) is 3. The predicted molar refractivity (Wildman–Crippen MR) is 65.5 cm³/mol. The minimum atomic E-state index is -0.378. The molecule has 0 aliphatic carbocycles. The lowest BCUT2D eigenvalue weighted by molar-refractivity contribution is 0.252. The van der Waals surface area contributed by atoms with Gasteiger partial charge in [0.25, 0.3) is 0 Å². The SMILES string of the molecule is CC(CN)=NNC(=O)Nc1ccc(C)cc1. The van der Waals surface area contributed by atoms with E-state index in [1.165, 1.54) is 0 Å². The summed E-state index contributed by atoms with van der Waals surface area (Å²) in [5.41, 5.74) is 10.2. The van der Waals surface area contributed by atoms with Crippen LogP contribution in [0.4, 0.5) is 10.5 Å². The standard InChI is InChI=1S/C11H16N4O/c1-8-3-5-10(6-4-8)13-11(16)15-14-9(2)7-12/h3-6H,7,12H2,1-2H3,(H2,13,15,16). The molecule has 0 saturated carbocycles. The number of carbonyl (C=O) groups excluding carboxylic acids is 1. The molecule has 0 aliphatic rings. The lowest BCUT2D eigenvalue weighted by atomic mass is 10.2. The third kappa shape index (κ3) is 4.10. The van der Waals surface area contributed by atoms with E-state index in [4.69, 9.17) is 5.73 Å². The minimum Gasteiger partial charge on any atom is -0.325 e. The highest BCUT2D eigenvalue weighted by atomic mass is 16.2. The van der Waals surface area contributed by atoms with Crippen molar-refractivity contribution in [2.24, 2.45) is 10.8 Å². The Kier molecular flexibility index (Phi) is 4.47. The molecule has 86 valence electrons. The molecule has 5 nitrogen and oxygen atoms in total. The number of rotatable bonds is 3. The van der Waals surface area contributed by atoms with Gasteiger partial charge in [0.1, 0.15) is 0 Å². The van der Waals surface area contributed by atoms with Gasteiger partial charge in [-0.05, 0) is 26.0 Å². The van der Waals surface area contributed by atoms with E-state index in [-0.39, 0.29) is 6.03 Å². The van der Waals surface area contributed by atoms with Crippen LogP contribution in [0.3, 0.4) is 0 Å². The van der Waals surface area contributed by atoms with Crippen molar-refractivity contribution in [2.75, 3.05) is 11.9 Å². The zero-order valence-electron chi connectivity index (χ0n) is 9.45. The summed E-state index contributed by atoms with van der Waals surface area (Å²) in [6, 6.07) is 7.12. The second-order valence-electron chi connectivity index (χ2n) is 3.48. The van der Waals surface area contributed by atoms with Crippen molar-refractivity contribution in [2.45, 2.75) is 13.8 Å². The maximum absolute atomic E-state index is 11.3. The van der Waals surface area contributed by atoms with Gasteiger partial charge >= 0.3 is 6.03 Å². The molecule has 0 aromatic heterocycles. The van der Waals surface area contributed by atoms with E-state index in [9.17, 15) is 4.79 Å². The van der Waals surface area contributed by atoms with Gasteiger partial charge in [-0.1, -0.05) is 17.7 Å². The van der Waals surface area contributed by atoms with E-state index < -0.39 is 0 Å². The van der Waals surface area contributed by atoms with Gasteiger partial charge < -0.3 is 11.1 Å². The normalized spacial score (nSPS) is 11.1. The van der Waals surface area contributed by atoms with Crippen molar-refractivity contribution in [3.05, 3.63) is 29.8 Å². The Morgan fingerprint density at radius 2 is 2.00 bits per heavy atom. The molecule has 5 heteroatoms. The molecule has 1 aromatic carbocycles. The molecule has 0 fully saturated rings. The first-order valence-electron chi connectivity index (χ1n) is 4.98. The van der Waals surface area contributed by atoms with Gasteiger partial charge in [-0.3, -0.25) is 0 Å². The Bertz CT molecular complexity index is 383. The maximum atomic E-state index is 11.3. The Balaban J connectivity index is 2.49. The number of nitrogens with zero attached hydrogens (tertiary/aromatic N) is 1. The molecule has 0 unspecified atom stereocenters. The highest BCUT2D eigenvalue weighted by molar-refractivity contribution is 5.91. The summed E-state index contributed by atoms with van der Waals surface area (Å²) in [5.74, 6) is 0. The Morgan fingerprint density at radius 3 is 2.56 bits per heavy atom. The quantitative estimate of drug-likeness (QED) is 0.532. The van der Waals surface area contributed by atoms with Crippen molar-refractivity contribution in [1.82, 2.24) is 5.43 Å². The fraction of sp³-hybridized carbons (Fsp3) is 0.273. The van der Waals surface area contributed by atoms with Gasteiger partial charge in [0, 0.05) is 17.9 Å². The summed E-state index contributed by atoms with van der Waals surface area (Å²) >= 11 is 0. The van der Waals surface area contributed by atoms with Crippen LogP contribution in [0.1, 0.15) is 12.5 Å². The van der Waals surface area contributed by atoms with Crippen LogP contribution in [0.25, 0.3) is 0 Å². The first-order chi connectivity index (χ1) is 7.61. The number of urea groups is 1. The zero-order chi connectivity index (χ0) is 12.0. The monoisotopic (exact) mass is 220 g/mol. The molecule has 1 rings (SSSR count). The van der Waals surface area contributed by atoms with Crippen LogP contribution < -0.4 is 16.5 Å². The second kappa shape index (κ2) is 5.87. The molecule has 0 atom stereocenters. The number of amides is 2. The van der Waals surface area contributed by atoms with Crippen LogP contribution in [0, 0.1) is 6.92 Å². The number of anilines is 1. The van der Waals surface area contributed by atoms with E-state index >= 15 is 0 Å². The first-order valence-corrected chi connectivity index (χ1v) is 4.98. The number of nitrogens with one attached hydrogen (secondary N) is 2. The lowest BCUT2D eigenvalue weighted by Gasteiger charge is -2.04. The highest BCUT2D eigenvalue weighted by Gasteiger charge is 1.99. The lowest BCUT2D eigenvalue weighted by Crippen LogP contribution is -2.26. The average Bonchev–Trinajstić information content (AvgIpc) is 2.29. The summed E-state index contributed by atoms with van der Waals surface area (Å²) in [7, 11) is 0. The van der Waals surface area contributed by atoms with Gasteiger partial charge in [-0.15, -0.1) is 0 Å². The van der Waals surface area contributed by atoms with E-state index in [2.05, 4.69) is 15.8 Å². The third-order valence-electron chi connectivity index (χ3n) is 1.95. The van der Waals surface area contributed by atoms with Crippen LogP contribution in [-0.4, -0.2) is 18.3 Å². The molecule has 0 radical (unpaired) electrons. The number of hydrazone groups is 1. The molecular weight excluding hydrogens is 204 g/mol. The fourth-order valence-electron chi connectivity index (χ4n) is 0.988. The Hall–Kier alpha value is -1.88. The summed E-state index contributed by atoms with van der Waals surface area (Å²) in [5, 5.41) is 6.44. The molecule has 0 aliphatic heterocycles. The molecule has 0 spiro atoms. The van der Waals surface area contributed by atoms with Crippen LogP contribution in [-0.2, 0) is 0 Å². The summed E-state index contributed by atoms with van der Waals surface area (Å²) in [6.45, 7) is 4.05. The Morgan fingerprint density at radius 1 is 1.38 bits per heavy atom. The Labute approximate surface area is 94.7 Å². The fourth-order valence-corrected chi connectivity index (χ4v) is 0.988. The molecule has 2 amide bonds. The largest absolute Gasteiger partial charge is 0.339 e. The number of hydrogen-bond acceptors (Lipinski definition) is 3. The second-order valence-corrected chi connectivity index (χ2v) is 3.48. The number of nitrogens with two attached hydrogens (primary N) is 1. The molecule has 0 saturated heterocycles. The summed E-state index contributed by atoms with van der Waals surface area (Å²) in [6.07, 6.45) is 0. The van der Waals surface area contributed by atoms with E-state index in [0.29, 0.717) is 12.3 Å². The summed E-state index contributed by atoms with van der Waals surface area (Å²) < 4.78 is 0. The average molecular weight is 220 g/mol. The number of aryl methyl sites for hydroxylation is 1. The molecule has 16 heavy (non-hydrogen) atoms. The maximum Gasteiger partial charge on any atom is 0.339 e. The molecule has 1 aromatic rings. The molecule has 0 heterocycles. The highest BCUT2D eigenvalue weighted by Crippen LogP contribution is 2.07. The smallest absolute Gasteiger partial charge is 0.325 e. The van der Waals surface area contributed by atoms with Gasteiger partial charge in [-0.25, -0.2) is 10.2 Å². The summed E-state index contributed by atoms with van der Waals surface area (Å²) in [4.78, 5) is 11.3. The third-order valence-corrected chi connectivity index (χ3v) is 1.95. The molecular formula is C11H16N4O. The molecule has 0 bridgehead atoms. The number of carbonyl (C=O) groups is 1. The van der Waals surface area contributed by atoms with E-state index in [0.717, 1.165) is 11.3 Å². The first kappa shape index (κ1) is 12.2. The van der Waals surface area contributed by atoms with Crippen molar-refractivity contribution in [1.29, 1.82) is 0 Å².